The number of halogens is 1. The molecule has 136 valence electrons. The van der Waals surface area contributed by atoms with Crippen LogP contribution in [-0.4, -0.2) is 32.2 Å². The number of nitriles is 1. The summed E-state index contributed by atoms with van der Waals surface area (Å²) >= 11 is 3.48. The van der Waals surface area contributed by atoms with Crippen molar-refractivity contribution < 1.29 is 18.8 Å². The fourth-order valence-corrected chi connectivity index (χ4v) is 2.96. The van der Waals surface area contributed by atoms with E-state index in [1.165, 1.54) is 11.0 Å². The predicted molar refractivity (Wildman–Crippen MR) is 103 cm³/mol. The Morgan fingerprint density at radius 2 is 2.00 bits per heavy atom. The average Bonchev–Trinajstić information content (AvgIpc) is 3.12. The minimum Gasteiger partial charge on any atom is -0.457 e. The van der Waals surface area contributed by atoms with Crippen LogP contribution in [0.5, 0.6) is 0 Å². The summed E-state index contributed by atoms with van der Waals surface area (Å²) < 4.78 is 11.9. The van der Waals surface area contributed by atoms with E-state index in [9.17, 15) is 10.1 Å². The number of carbonyl (C=O) groups is 1. The highest BCUT2D eigenvalue weighted by Crippen LogP contribution is 2.29. The summed E-state index contributed by atoms with van der Waals surface area (Å²) in [4.78, 5) is 13.4. The van der Waals surface area contributed by atoms with Crippen LogP contribution in [0, 0.1) is 11.3 Å². The predicted octanol–water partition coefficient (Wildman–Crippen LogP) is 3.08. The molecule has 0 unspecified atom stereocenters. The molecule has 0 fully saturated rings. The van der Waals surface area contributed by atoms with E-state index in [1.807, 2.05) is 30.3 Å². The number of ether oxygens (including phenoxy) is 1. The number of hydrogen-bond acceptors (Lipinski definition) is 4. The van der Waals surface area contributed by atoms with E-state index in [0.29, 0.717) is 11.5 Å². The van der Waals surface area contributed by atoms with Gasteiger partial charge in [-0.3, -0.25) is 0 Å². The molecule has 0 saturated carbocycles. The van der Waals surface area contributed by atoms with Gasteiger partial charge in [0, 0.05) is 16.1 Å². The highest BCUT2D eigenvalue weighted by molar-refractivity contribution is 9.10. The van der Waals surface area contributed by atoms with E-state index < -0.39 is 5.97 Å². The molecule has 0 radical (unpaired) electrons. The Labute approximate surface area is 162 Å². The Bertz CT molecular complexity index is 816. The summed E-state index contributed by atoms with van der Waals surface area (Å²) in [7, 11) is 0. The quantitative estimate of drug-likeness (QED) is 0.407. The van der Waals surface area contributed by atoms with Gasteiger partial charge in [-0.05, 0) is 32.0 Å². The van der Waals surface area contributed by atoms with E-state index in [2.05, 4.69) is 29.8 Å². The average molecular weight is 418 g/mol. The first-order valence-electron chi connectivity index (χ1n) is 8.56. The zero-order chi connectivity index (χ0) is 18.9. The molecular formula is C20H22BrN2O3+. The number of hydrogen-bond donors (Lipinski definition) is 1. The lowest BCUT2D eigenvalue weighted by atomic mass is 10.2. The first-order valence-corrected chi connectivity index (χ1v) is 9.35. The Balaban J connectivity index is 2.06. The molecule has 0 atom stereocenters. The SMILES string of the molecule is CC[NH+](CC)CCOC(=O)/C(C#N)=C/c1ccc(-c2ccccc2Br)o1. The van der Waals surface area contributed by atoms with E-state index >= 15 is 0 Å². The highest BCUT2D eigenvalue weighted by atomic mass is 79.9. The van der Waals surface area contributed by atoms with Crippen molar-refractivity contribution in [2.24, 2.45) is 0 Å². The molecule has 0 aliphatic rings. The van der Waals surface area contributed by atoms with Crippen LogP contribution in [0.25, 0.3) is 17.4 Å². The van der Waals surface area contributed by atoms with Crippen LogP contribution in [0.3, 0.4) is 0 Å². The summed E-state index contributed by atoms with van der Waals surface area (Å²) in [5.74, 6) is 0.455. The molecule has 1 N–H and O–H groups in total. The molecule has 0 bridgehead atoms. The molecule has 6 heteroatoms. The van der Waals surface area contributed by atoms with E-state index in [0.717, 1.165) is 29.7 Å². The van der Waals surface area contributed by atoms with Gasteiger partial charge in [-0.15, -0.1) is 0 Å². The zero-order valence-electron chi connectivity index (χ0n) is 14.9. The molecule has 2 aromatic rings. The summed E-state index contributed by atoms with van der Waals surface area (Å²) in [6.07, 6.45) is 1.41. The van der Waals surface area contributed by atoms with Crippen molar-refractivity contribution in [3.05, 3.63) is 52.2 Å². The molecule has 1 aromatic heterocycles. The molecule has 0 aliphatic heterocycles. The largest absolute Gasteiger partial charge is 0.457 e. The number of rotatable bonds is 8. The third-order valence-electron chi connectivity index (χ3n) is 4.08. The molecule has 2 rings (SSSR count). The summed E-state index contributed by atoms with van der Waals surface area (Å²) in [5.41, 5.74) is 0.822. The number of esters is 1. The van der Waals surface area contributed by atoms with Crippen LogP contribution < -0.4 is 4.90 Å². The highest BCUT2D eigenvalue weighted by Gasteiger charge is 2.14. The third kappa shape index (κ3) is 5.32. The number of nitrogens with one attached hydrogen (secondary N) is 1. The molecule has 0 amide bonds. The van der Waals surface area contributed by atoms with Crippen LogP contribution in [0.2, 0.25) is 0 Å². The van der Waals surface area contributed by atoms with Gasteiger partial charge in [0.2, 0.25) is 0 Å². The molecule has 0 aliphatic carbocycles. The molecule has 1 aromatic carbocycles. The standard InChI is InChI=1S/C20H21BrN2O3/c1-3-23(4-2)11-12-25-20(24)15(14-22)13-16-9-10-19(26-16)17-7-5-6-8-18(17)21/h5-10,13H,3-4,11-12H2,1-2H3/p+1/b15-13+. The molecular weight excluding hydrogens is 396 g/mol. The van der Waals surface area contributed by atoms with E-state index in [-0.39, 0.29) is 12.2 Å². The Morgan fingerprint density at radius 1 is 1.27 bits per heavy atom. The Hall–Kier alpha value is -2.36. The second-order valence-corrected chi connectivity index (χ2v) is 6.55. The minimum atomic E-state index is -0.627. The monoisotopic (exact) mass is 417 g/mol. The van der Waals surface area contributed by atoms with Crippen molar-refractivity contribution in [1.82, 2.24) is 0 Å². The molecule has 1 heterocycles. The maximum atomic E-state index is 12.1. The number of furan rings is 1. The summed E-state index contributed by atoms with van der Waals surface area (Å²) in [6.45, 7) is 7.12. The lowest BCUT2D eigenvalue weighted by molar-refractivity contribution is -0.896. The van der Waals surface area contributed by atoms with Crippen molar-refractivity contribution in [3.8, 4) is 17.4 Å². The smallest absolute Gasteiger partial charge is 0.349 e. The Morgan fingerprint density at radius 3 is 2.65 bits per heavy atom. The number of carbonyl (C=O) groups excluding carboxylic acids is 1. The van der Waals surface area contributed by atoms with Gasteiger partial charge in [-0.25, -0.2) is 4.79 Å². The van der Waals surface area contributed by atoms with Gasteiger partial charge in [0.1, 0.15) is 36.3 Å². The lowest BCUT2D eigenvalue weighted by Gasteiger charge is -2.14. The van der Waals surface area contributed by atoms with Gasteiger partial charge >= 0.3 is 5.97 Å². The number of benzene rings is 1. The van der Waals surface area contributed by atoms with Crippen LogP contribution in [0.1, 0.15) is 19.6 Å². The van der Waals surface area contributed by atoms with Gasteiger partial charge in [-0.2, -0.15) is 5.26 Å². The fraction of sp³-hybridized carbons (Fsp3) is 0.300. The zero-order valence-corrected chi connectivity index (χ0v) is 16.5. The summed E-state index contributed by atoms with van der Waals surface area (Å²) in [5, 5.41) is 9.25. The van der Waals surface area contributed by atoms with Crippen LogP contribution in [-0.2, 0) is 9.53 Å². The third-order valence-corrected chi connectivity index (χ3v) is 4.77. The summed E-state index contributed by atoms with van der Waals surface area (Å²) in [6, 6.07) is 13.1. The molecule has 0 saturated heterocycles. The molecule has 0 spiro atoms. The normalized spacial score (nSPS) is 11.4. The number of likely N-dealkylation sites (N-methyl/N-ethyl adjacent to an activating group) is 1. The van der Waals surface area contributed by atoms with Crippen molar-refractivity contribution >= 4 is 28.0 Å². The molecule has 26 heavy (non-hydrogen) atoms. The maximum absolute atomic E-state index is 12.1. The van der Waals surface area contributed by atoms with Gasteiger partial charge in [0.25, 0.3) is 0 Å². The first-order chi connectivity index (χ1) is 12.6. The second kappa shape index (κ2) is 9.95. The van der Waals surface area contributed by atoms with Crippen LogP contribution >= 0.6 is 15.9 Å². The first kappa shape index (κ1) is 20.0. The molecule has 5 nitrogen and oxygen atoms in total. The van der Waals surface area contributed by atoms with Crippen molar-refractivity contribution in [2.45, 2.75) is 13.8 Å². The lowest BCUT2D eigenvalue weighted by Crippen LogP contribution is -3.11. The topological polar surface area (TPSA) is 67.7 Å². The van der Waals surface area contributed by atoms with Crippen LogP contribution in [0.4, 0.5) is 0 Å². The van der Waals surface area contributed by atoms with E-state index in [1.54, 1.807) is 12.1 Å². The maximum Gasteiger partial charge on any atom is 0.349 e. The van der Waals surface area contributed by atoms with Crippen molar-refractivity contribution in [1.29, 1.82) is 5.26 Å². The van der Waals surface area contributed by atoms with Crippen molar-refractivity contribution in [3.63, 3.8) is 0 Å². The Kier molecular flexibility index (Phi) is 7.64. The van der Waals surface area contributed by atoms with E-state index in [4.69, 9.17) is 9.15 Å². The number of quaternary nitrogens is 1. The minimum absolute atomic E-state index is 0.0763. The van der Waals surface area contributed by atoms with Gasteiger partial charge in [0.15, 0.2) is 0 Å². The van der Waals surface area contributed by atoms with Gasteiger partial charge in [-0.1, -0.05) is 34.1 Å². The fourth-order valence-electron chi connectivity index (χ4n) is 2.48. The van der Waals surface area contributed by atoms with Gasteiger partial charge < -0.3 is 14.1 Å². The second-order valence-electron chi connectivity index (χ2n) is 5.69. The number of nitrogens with zero attached hydrogens (tertiary/aromatic N) is 1. The van der Waals surface area contributed by atoms with Crippen LogP contribution in [0.15, 0.2) is 50.9 Å². The van der Waals surface area contributed by atoms with Crippen molar-refractivity contribution in [2.75, 3.05) is 26.2 Å². The van der Waals surface area contributed by atoms with Gasteiger partial charge in [0.05, 0.1) is 13.1 Å².